The molecule has 0 bridgehead atoms. The third-order valence-electron chi connectivity index (χ3n) is 2.59. The van der Waals surface area contributed by atoms with E-state index in [0.29, 0.717) is 9.97 Å². The molecule has 0 radical (unpaired) electrons. The van der Waals surface area contributed by atoms with Gasteiger partial charge in [-0.3, -0.25) is 0 Å². The molecule has 9 nitrogen and oxygen atoms in total. The SMILES string of the molecule is O=C(O)c1csc(CNc2nc3sccn3c2[N+](=O)[O-])n1. The summed E-state index contributed by atoms with van der Waals surface area (Å²) >= 11 is 2.45. The van der Waals surface area contributed by atoms with Crippen LogP contribution in [0.2, 0.25) is 0 Å². The van der Waals surface area contributed by atoms with Crippen molar-refractivity contribution in [3.63, 3.8) is 0 Å². The van der Waals surface area contributed by atoms with Gasteiger partial charge in [0.05, 0.1) is 6.54 Å². The molecule has 3 aromatic heterocycles. The predicted molar refractivity (Wildman–Crippen MR) is 76.1 cm³/mol. The first kappa shape index (κ1) is 13.5. The van der Waals surface area contributed by atoms with Crippen molar-refractivity contribution >= 4 is 45.2 Å². The van der Waals surface area contributed by atoms with Crippen molar-refractivity contribution in [1.82, 2.24) is 14.4 Å². The van der Waals surface area contributed by atoms with Crippen molar-refractivity contribution in [1.29, 1.82) is 0 Å². The van der Waals surface area contributed by atoms with Crippen LogP contribution in [0.1, 0.15) is 15.5 Å². The highest BCUT2D eigenvalue weighted by molar-refractivity contribution is 7.15. The van der Waals surface area contributed by atoms with Crippen molar-refractivity contribution in [3.8, 4) is 0 Å². The van der Waals surface area contributed by atoms with Gasteiger partial charge in [-0.1, -0.05) is 11.3 Å². The second kappa shape index (κ2) is 5.10. The van der Waals surface area contributed by atoms with E-state index in [2.05, 4.69) is 15.3 Å². The van der Waals surface area contributed by atoms with Crippen LogP contribution in [0, 0.1) is 10.1 Å². The lowest BCUT2D eigenvalue weighted by molar-refractivity contribution is -0.389. The summed E-state index contributed by atoms with van der Waals surface area (Å²) in [5.74, 6) is -1.12. The Balaban J connectivity index is 1.84. The Bertz CT molecular complexity index is 836. The van der Waals surface area contributed by atoms with Crippen LogP contribution in [0.25, 0.3) is 4.96 Å². The van der Waals surface area contributed by atoms with Gasteiger partial charge in [0.1, 0.15) is 11.2 Å². The van der Waals surface area contributed by atoms with Crippen molar-refractivity contribution < 1.29 is 14.8 Å². The smallest absolute Gasteiger partial charge is 0.372 e. The summed E-state index contributed by atoms with van der Waals surface area (Å²) in [6.45, 7) is 0.170. The van der Waals surface area contributed by atoms with Gasteiger partial charge in [-0.05, 0) is 4.92 Å². The standard InChI is InChI=1S/C10H7N5O4S2/c16-9(17)5-4-21-6(12-5)3-11-7-8(15(18)19)14-1-2-20-10(14)13-7/h1-2,4,11H,3H2,(H,16,17). The Labute approximate surface area is 124 Å². The van der Waals surface area contributed by atoms with E-state index in [1.54, 1.807) is 11.6 Å². The summed E-state index contributed by atoms with van der Waals surface area (Å²) in [4.78, 5) is 29.9. The molecule has 0 fully saturated rings. The van der Waals surface area contributed by atoms with E-state index < -0.39 is 10.9 Å². The van der Waals surface area contributed by atoms with E-state index in [1.807, 2.05) is 0 Å². The molecule has 0 aliphatic heterocycles. The van der Waals surface area contributed by atoms with Crippen LogP contribution in [-0.2, 0) is 6.54 Å². The third-order valence-corrected chi connectivity index (χ3v) is 4.19. The zero-order valence-corrected chi connectivity index (χ0v) is 11.8. The number of hydrogen-bond donors (Lipinski definition) is 2. The number of carboxylic acid groups (broad SMARTS) is 1. The van der Waals surface area contributed by atoms with Gasteiger partial charge in [0.25, 0.3) is 4.96 Å². The normalized spacial score (nSPS) is 10.9. The number of anilines is 1. The number of imidazole rings is 1. The second-order valence-corrected chi connectivity index (χ2v) is 5.70. The zero-order chi connectivity index (χ0) is 15.0. The minimum absolute atomic E-state index is 0.0443. The van der Waals surface area contributed by atoms with Crippen LogP contribution >= 0.6 is 22.7 Å². The highest BCUT2D eigenvalue weighted by atomic mass is 32.1. The maximum Gasteiger partial charge on any atom is 0.372 e. The molecule has 0 atom stereocenters. The molecular weight excluding hydrogens is 318 g/mol. The van der Waals surface area contributed by atoms with E-state index in [0.717, 1.165) is 11.3 Å². The van der Waals surface area contributed by atoms with E-state index in [9.17, 15) is 14.9 Å². The Hall–Kier alpha value is -2.53. The average molecular weight is 325 g/mol. The molecule has 0 saturated heterocycles. The minimum atomic E-state index is -1.11. The molecule has 0 unspecified atom stereocenters. The van der Waals surface area contributed by atoms with Gasteiger partial charge in [-0.2, -0.15) is 9.38 Å². The molecule has 11 heteroatoms. The molecule has 0 saturated carbocycles. The molecule has 108 valence electrons. The summed E-state index contributed by atoms with van der Waals surface area (Å²) in [5.41, 5.74) is -0.0443. The summed E-state index contributed by atoms with van der Waals surface area (Å²) in [5, 5.41) is 26.4. The van der Waals surface area contributed by atoms with Crippen LogP contribution in [0.15, 0.2) is 17.0 Å². The lowest BCUT2D eigenvalue weighted by atomic mass is 10.5. The van der Waals surface area contributed by atoms with Crippen molar-refractivity contribution in [3.05, 3.63) is 37.8 Å². The number of nitro groups is 1. The predicted octanol–water partition coefficient (Wildman–Crippen LogP) is 2.07. The van der Waals surface area contributed by atoms with E-state index in [4.69, 9.17) is 5.11 Å². The number of aromatic nitrogens is 3. The quantitative estimate of drug-likeness (QED) is 0.543. The fourth-order valence-electron chi connectivity index (χ4n) is 1.72. The average Bonchev–Trinajstić information content (AvgIpc) is 3.10. The molecule has 0 aliphatic carbocycles. The minimum Gasteiger partial charge on any atom is -0.476 e. The summed E-state index contributed by atoms with van der Waals surface area (Å²) in [6, 6.07) is 0. The molecule has 2 N–H and O–H groups in total. The molecule has 21 heavy (non-hydrogen) atoms. The maximum absolute atomic E-state index is 11.1. The van der Waals surface area contributed by atoms with Crippen LogP contribution in [0.3, 0.4) is 0 Å². The monoisotopic (exact) mass is 325 g/mol. The van der Waals surface area contributed by atoms with Crippen LogP contribution in [0.4, 0.5) is 11.6 Å². The van der Waals surface area contributed by atoms with Gasteiger partial charge in [0.15, 0.2) is 5.69 Å². The number of aromatic carboxylic acids is 1. The summed E-state index contributed by atoms with van der Waals surface area (Å²) < 4.78 is 1.39. The van der Waals surface area contributed by atoms with E-state index in [1.165, 1.54) is 21.1 Å². The maximum atomic E-state index is 11.1. The van der Waals surface area contributed by atoms with Gasteiger partial charge in [0, 0.05) is 10.8 Å². The van der Waals surface area contributed by atoms with Crippen LogP contribution in [0.5, 0.6) is 0 Å². The number of thiazole rings is 2. The Kier molecular flexibility index (Phi) is 3.27. The highest BCUT2D eigenvalue weighted by Crippen LogP contribution is 2.28. The third kappa shape index (κ3) is 2.43. The number of nitrogens with zero attached hydrogens (tertiary/aromatic N) is 4. The summed E-state index contributed by atoms with van der Waals surface area (Å²) in [6.07, 6.45) is 1.57. The molecule has 0 amide bonds. The van der Waals surface area contributed by atoms with Crippen molar-refractivity contribution in [2.24, 2.45) is 0 Å². The molecule has 0 aromatic carbocycles. The lowest BCUT2D eigenvalue weighted by Gasteiger charge is -2.00. The fourth-order valence-corrected chi connectivity index (χ4v) is 3.13. The lowest BCUT2D eigenvalue weighted by Crippen LogP contribution is -2.04. The topological polar surface area (TPSA) is 123 Å². The number of nitrogens with one attached hydrogen (secondary N) is 1. The molecule has 3 aromatic rings. The molecule has 3 heterocycles. The molecule has 3 rings (SSSR count). The van der Waals surface area contributed by atoms with E-state index >= 15 is 0 Å². The first-order chi connectivity index (χ1) is 10.1. The van der Waals surface area contributed by atoms with Gasteiger partial charge < -0.3 is 20.5 Å². The van der Waals surface area contributed by atoms with Gasteiger partial charge >= 0.3 is 11.8 Å². The van der Waals surface area contributed by atoms with Crippen LogP contribution < -0.4 is 5.32 Å². The number of rotatable bonds is 5. The Morgan fingerprint density at radius 1 is 1.48 bits per heavy atom. The number of carboxylic acids is 1. The molecule has 0 aliphatic rings. The number of fused-ring (bicyclic) bond motifs is 1. The summed E-state index contributed by atoms with van der Waals surface area (Å²) in [7, 11) is 0. The van der Waals surface area contributed by atoms with Crippen LogP contribution in [-0.4, -0.2) is 30.4 Å². The van der Waals surface area contributed by atoms with Gasteiger partial charge in [-0.25, -0.2) is 9.78 Å². The fraction of sp³-hybridized carbons (Fsp3) is 0.100. The Morgan fingerprint density at radius 2 is 2.29 bits per heavy atom. The highest BCUT2D eigenvalue weighted by Gasteiger charge is 2.23. The first-order valence-corrected chi connectivity index (χ1v) is 7.33. The Morgan fingerprint density at radius 3 is 2.95 bits per heavy atom. The van der Waals surface area contributed by atoms with E-state index in [-0.39, 0.29) is 23.9 Å². The second-order valence-electron chi connectivity index (χ2n) is 3.88. The molecule has 0 spiro atoms. The van der Waals surface area contributed by atoms with Gasteiger partial charge in [-0.15, -0.1) is 11.3 Å². The first-order valence-electron chi connectivity index (χ1n) is 5.58. The number of carbonyl (C=O) groups is 1. The largest absolute Gasteiger partial charge is 0.476 e. The zero-order valence-electron chi connectivity index (χ0n) is 10.2. The van der Waals surface area contributed by atoms with Crippen molar-refractivity contribution in [2.75, 3.05) is 5.32 Å². The molecular formula is C10H7N5O4S2. The van der Waals surface area contributed by atoms with Crippen molar-refractivity contribution in [2.45, 2.75) is 6.54 Å². The van der Waals surface area contributed by atoms with Gasteiger partial charge in [0.2, 0.25) is 5.82 Å². The number of hydrogen-bond acceptors (Lipinski definition) is 8.